The van der Waals surface area contributed by atoms with E-state index in [0.717, 1.165) is 10.5 Å². The second-order valence-corrected chi connectivity index (χ2v) is 8.91. The number of aromatic nitrogens is 3. The molecule has 2 aromatic carbocycles. The third kappa shape index (κ3) is 3.75. The number of fused-ring (bicyclic) bond motifs is 1. The average Bonchev–Trinajstić information content (AvgIpc) is 3.15. The van der Waals surface area contributed by atoms with Gasteiger partial charge in [-0.05, 0) is 30.3 Å². The zero-order valence-electron chi connectivity index (χ0n) is 15.4. The number of hydrogen-bond donors (Lipinski definition) is 0. The first-order valence-electron chi connectivity index (χ1n) is 8.62. The number of thioether (sulfide) groups is 1. The topological polar surface area (TPSA) is 86.6 Å². The molecule has 0 unspecified atom stereocenters. The van der Waals surface area contributed by atoms with Crippen LogP contribution >= 0.6 is 11.8 Å². The molecule has 0 aliphatic carbocycles. The van der Waals surface area contributed by atoms with Gasteiger partial charge in [-0.3, -0.25) is 0 Å². The molecule has 1 aliphatic heterocycles. The molecule has 0 N–H and O–H groups in total. The van der Waals surface area contributed by atoms with Gasteiger partial charge >= 0.3 is 0 Å². The molecule has 0 bridgehead atoms. The van der Waals surface area contributed by atoms with Gasteiger partial charge in [0.05, 0.1) is 18.6 Å². The minimum atomic E-state index is -4.00. The molecule has 152 valence electrons. The van der Waals surface area contributed by atoms with Crippen LogP contribution in [0.1, 0.15) is 5.82 Å². The average molecular weight is 436 g/mol. The van der Waals surface area contributed by atoms with Crippen LogP contribution in [0, 0.1) is 5.82 Å². The Morgan fingerprint density at radius 3 is 2.69 bits per heavy atom. The number of rotatable bonds is 6. The Balaban J connectivity index is 1.66. The maximum atomic E-state index is 13.6. The highest BCUT2D eigenvalue weighted by Gasteiger charge is 2.33. The first kappa shape index (κ1) is 19.5. The number of benzene rings is 2. The summed E-state index contributed by atoms with van der Waals surface area (Å²) in [6.45, 7) is 0.166. The number of para-hydroxylation sites is 2. The molecule has 11 heteroatoms. The van der Waals surface area contributed by atoms with Crippen molar-refractivity contribution in [3.8, 4) is 11.5 Å². The molecule has 1 aliphatic rings. The van der Waals surface area contributed by atoms with E-state index in [4.69, 9.17) is 9.47 Å². The number of nitrogens with zero attached hydrogens (tertiary/aromatic N) is 4. The molecule has 0 fully saturated rings. The van der Waals surface area contributed by atoms with Crippen molar-refractivity contribution in [2.24, 2.45) is 0 Å². The standard InChI is InChI=1S/C18H17FN4O4S2/c1-26-15-7-2-3-8-16(15)27-12-17-20-21-18-23(17)22(9-10-28-18)29(24,25)14-6-4-5-13(19)11-14/h2-8,11H,9-10,12H2,1H3. The number of ether oxygens (including phenoxy) is 2. The maximum absolute atomic E-state index is 13.6. The summed E-state index contributed by atoms with van der Waals surface area (Å²) >= 11 is 1.39. The zero-order valence-corrected chi connectivity index (χ0v) is 17.0. The van der Waals surface area contributed by atoms with Crippen LogP contribution in [0.5, 0.6) is 11.5 Å². The molecule has 0 radical (unpaired) electrons. The van der Waals surface area contributed by atoms with Gasteiger partial charge in [-0.1, -0.05) is 30.0 Å². The molecule has 0 spiro atoms. The Kier molecular flexibility index (Phi) is 5.33. The summed E-state index contributed by atoms with van der Waals surface area (Å²) in [5.74, 6) is 1.22. The Hall–Kier alpha value is -2.79. The Bertz CT molecular complexity index is 1140. The van der Waals surface area contributed by atoms with Gasteiger partial charge in [0.25, 0.3) is 10.0 Å². The van der Waals surface area contributed by atoms with Crippen LogP contribution in [0.4, 0.5) is 4.39 Å². The second-order valence-electron chi connectivity index (χ2n) is 6.01. The summed E-state index contributed by atoms with van der Waals surface area (Å²) < 4.78 is 53.5. The molecule has 2 heterocycles. The SMILES string of the molecule is COc1ccccc1OCc1nnc2n1N(S(=O)(=O)c1cccc(F)c1)CCS2. The van der Waals surface area contributed by atoms with E-state index in [1.54, 1.807) is 18.2 Å². The third-order valence-corrected chi connectivity index (χ3v) is 6.86. The molecule has 4 rings (SSSR count). The Morgan fingerprint density at radius 2 is 1.93 bits per heavy atom. The highest BCUT2D eigenvalue weighted by atomic mass is 32.2. The summed E-state index contributed by atoms with van der Waals surface area (Å²) in [6.07, 6.45) is 0. The van der Waals surface area contributed by atoms with Crippen LogP contribution < -0.4 is 13.9 Å². The second kappa shape index (κ2) is 7.91. The smallest absolute Gasteiger partial charge is 0.278 e. The fraction of sp³-hybridized carbons (Fsp3) is 0.222. The van der Waals surface area contributed by atoms with Crippen LogP contribution in [-0.2, 0) is 16.6 Å². The van der Waals surface area contributed by atoms with E-state index in [1.165, 1.54) is 41.7 Å². The van der Waals surface area contributed by atoms with Gasteiger partial charge in [0.15, 0.2) is 17.3 Å². The van der Waals surface area contributed by atoms with Gasteiger partial charge in [-0.15, -0.1) is 10.2 Å². The Morgan fingerprint density at radius 1 is 1.14 bits per heavy atom. The monoisotopic (exact) mass is 436 g/mol. The molecule has 0 saturated carbocycles. The van der Waals surface area contributed by atoms with Crippen molar-refractivity contribution in [2.75, 3.05) is 23.8 Å². The van der Waals surface area contributed by atoms with Crippen molar-refractivity contribution in [1.29, 1.82) is 0 Å². The van der Waals surface area contributed by atoms with Gasteiger partial charge in [-0.25, -0.2) is 4.39 Å². The van der Waals surface area contributed by atoms with Gasteiger partial charge in [0, 0.05) is 5.75 Å². The van der Waals surface area contributed by atoms with E-state index in [-0.39, 0.29) is 18.0 Å². The van der Waals surface area contributed by atoms with Crippen LogP contribution in [0.25, 0.3) is 0 Å². The number of halogens is 1. The highest BCUT2D eigenvalue weighted by Crippen LogP contribution is 2.29. The van der Waals surface area contributed by atoms with E-state index >= 15 is 0 Å². The zero-order chi connectivity index (χ0) is 20.4. The predicted molar refractivity (Wildman–Crippen MR) is 105 cm³/mol. The van der Waals surface area contributed by atoms with Crippen molar-refractivity contribution in [1.82, 2.24) is 14.9 Å². The molecule has 0 amide bonds. The lowest BCUT2D eigenvalue weighted by Gasteiger charge is -2.30. The Labute approximate surface area is 171 Å². The van der Waals surface area contributed by atoms with Gasteiger partial charge in [0.1, 0.15) is 12.4 Å². The third-order valence-electron chi connectivity index (χ3n) is 4.21. The summed E-state index contributed by atoms with van der Waals surface area (Å²) in [5, 5.41) is 8.59. The molecule has 0 saturated heterocycles. The van der Waals surface area contributed by atoms with Crippen LogP contribution in [0.3, 0.4) is 0 Å². The molecule has 8 nitrogen and oxygen atoms in total. The largest absolute Gasteiger partial charge is 0.493 e. The van der Waals surface area contributed by atoms with E-state index in [1.807, 2.05) is 6.07 Å². The van der Waals surface area contributed by atoms with E-state index in [9.17, 15) is 12.8 Å². The summed E-state index contributed by atoms with van der Waals surface area (Å²) in [4.78, 5) is -0.138. The molecule has 0 atom stereocenters. The van der Waals surface area contributed by atoms with Gasteiger partial charge < -0.3 is 9.47 Å². The van der Waals surface area contributed by atoms with Gasteiger partial charge in [0.2, 0.25) is 5.16 Å². The summed E-state index contributed by atoms with van der Waals surface area (Å²) in [5.41, 5.74) is 0. The number of sulfonamides is 1. The maximum Gasteiger partial charge on any atom is 0.278 e. The lowest BCUT2D eigenvalue weighted by molar-refractivity contribution is 0.270. The van der Waals surface area contributed by atoms with Gasteiger partial charge in [-0.2, -0.15) is 17.5 Å². The number of methoxy groups -OCH3 is 1. The fourth-order valence-electron chi connectivity index (χ4n) is 2.87. The van der Waals surface area contributed by atoms with E-state index < -0.39 is 15.8 Å². The molecule has 29 heavy (non-hydrogen) atoms. The highest BCUT2D eigenvalue weighted by molar-refractivity contribution is 7.99. The summed E-state index contributed by atoms with van der Waals surface area (Å²) in [7, 11) is -2.47. The van der Waals surface area contributed by atoms with Crippen LogP contribution in [-0.4, -0.2) is 42.7 Å². The predicted octanol–water partition coefficient (Wildman–Crippen LogP) is 2.44. The summed E-state index contributed by atoms with van der Waals surface area (Å²) in [6, 6.07) is 12.0. The number of hydrogen-bond acceptors (Lipinski definition) is 7. The van der Waals surface area contributed by atoms with Crippen molar-refractivity contribution < 1.29 is 22.3 Å². The van der Waals surface area contributed by atoms with Crippen molar-refractivity contribution >= 4 is 21.8 Å². The lowest BCUT2D eigenvalue weighted by Crippen LogP contribution is -2.45. The minimum absolute atomic E-state index is 0.0247. The molecule has 3 aromatic rings. The van der Waals surface area contributed by atoms with Crippen molar-refractivity contribution in [3.63, 3.8) is 0 Å². The van der Waals surface area contributed by atoms with Crippen molar-refractivity contribution in [2.45, 2.75) is 16.7 Å². The van der Waals surface area contributed by atoms with E-state index in [2.05, 4.69) is 10.2 Å². The first-order valence-corrected chi connectivity index (χ1v) is 11.0. The first-order chi connectivity index (χ1) is 14.0. The van der Waals surface area contributed by atoms with Crippen molar-refractivity contribution in [3.05, 3.63) is 60.2 Å². The molecular formula is C18H17FN4O4S2. The lowest BCUT2D eigenvalue weighted by atomic mass is 10.3. The normalized spacial score (nSPS) is 13.8. The minimum Gasteiger partial charge on any atom is -0.493 e. The molecule has 1 aromatic heterocycles. The van der Waals surface area contributed by atoms with E-state index in [0.29, 0.717) is 28.2 Å². The molecular weight excluding hydrogens is 419 g/mol. The van der Waals surface area contributed by atoms with Crippen LogP contribution in [0.15, 0.2) is 58.6 Å². The van der Waals surface area contributed by atoms with Crippen LogP contribution in [0.2, 0.25) is 0 Å². The fourth-order valence-corrected chi connectivity index (χ4v) is 5.38. The quantitative estimate of drug-likeness (QED) is 0.587.